The summed E-state index contributed by atoms with van der Waals surface area (Å²) < 4.78 is 0. The molecule has 126 valence electrons. The molecule has 7 heteroatoms. The minimum Gasteiger partial charge on any atom is -0.481 e. The highest BCUT2D eigenvalue weighted by molar-refractivity contribution is 7.99. The van der Waals surface area contributed by atoms with E-state index in [0.29, 0.717) is 19.4 Å². The lowest BCUT2D eigenvalue weighted by atomic mass is 9.86. The van der Waals surface area contributed by atoms with Gasteiger partial charge in [-0.05, 0) is 49.1 Å². The van der Waals surface area contributed by atoms with Crippen molar-refractivity contribution in [2.75, 3.05) is 5.75 Å². The molecule has 0 aliphatic heterocycles. The van der Waals surface area contributed by atoms with Crippen molar-refractivity contribution in [1.82, 2.24) is 15.6 Å². The molecule has 1 aromatic heterocycles. The van der Waals surface area contributed by atoms with Crippen molar-refractivity contribution < 1.29 is 14.7 Å². The number of hydrogen-bond donors (Lipinski definition) is 3. The van der Waals surface area contributed by atoms with Gasteiger partial charge in [0.2, 0.25) is 0 Å². The number of carbonyl (C=O) groups excluding carboxylic acids is 1. The molecule has 0 radical (unpaired) electrons. The first kappa shape index (κ1) is 17.6. The normalized spacial score (nSPS) is 20.7. The van der Waals surface area contributed by atoms with Crippen LogP contribution in [-0.4, -0.2) is 33.9 Å². The van der Waals surface area contributed by atoms with E-state index in [0.717, 1.165) is 29.2 Å². The van der Waals surface area contributed by atoms with Gasteiger partial charge in [-0.1, -0.05) is 6.92 Å². The standard InChI is InChI=1S/C16H23N3O3S/c1-2-23-14-9-11(7-8-17-14)10-18-16(22)19-13-5-3-12(4-6-13)15(20)21/h7-9,12-13H,2-6,10H2,1H3,(H,20,21)(H2,18,19,22). The third-order valence-electron chi connectivity index (χ3n) is 3.96. The van der Waals surface area contributed by atoms with Gasteiger partial charge in [0.1, 0.15) is 0 Å². The first-order chi connectivity index (χ1) is 11.1. The van der Waals surface area contributed by atoms with Crippen molar-refractivity contribution >= 4 is 23.8 Å². The van der Waals surface area contributed by atoms with Gasteiger partial charge in [0.25, 0.3) is 0 Å². The number of thioether (sulfide) groups is 1. The van der Waals surface area contributed by atoms with Crippen molar-refractivity contribution in [3.8, 4) is 0 Å². The zero-order chi connectivity index (χ0) is 16.7. The lowest BCUT2D eigenvalue weighted by Crippen LogP contribution is -2.43. The number of hydrogen-bond acceptors (Lipinski definition) is 4. The Morgan fingerprint density at radius 2 is 2.09 bits per heavy atom. The Morgan fingerprint density at radius 3 is 2.74 bits per heavy atom. The molecule has 2 amide bonds. The molecule has 1 aliphatic carbocycles. The Labute approximate surface area is 140 Å². The Hall–Kier alpha value is -1.76. The molecule has 0 spiro atoms. The quantitative estimate of drug-likeness (QED) is 0.694. The second-order valence-electron chi connectivity index (χ2n) is 5.65. The maximum Gasteiger partial charge on any atom is 0.315 e. The van der Waals surface area contributed by atoms with Crippen LogP contribution >= 0.6 is 11.8 Å². The highest BCUT2D eigenvalue weighted by Crippen LogP contribution is 2.24. The summed E-state index contributed by atoms with van der Waals surface area (Å²) in [6.45, 7) is 2.53. The lowest BCUT2D eigenvalue weighted by molar-refractivity contribution is -0.142. The molecule has 1 aromatic rings. The number of pyridine rings is 1. The lowest BCUT2D eigenvalue weighted by Gasteiger charge is -2.26. The van der Waals surface area contributed by atoms with Crippen LogP contribution in [0.5, 0.6) is 0 Å². The van der Waals surface area contributed by atoms with Crippen LogP contribution in [0.15, 0.2) is 23.4 Å². The molecule has 0 aromatic carbocycles. The maximum atomic E-state index is 12.0. The largest absolute Gasteiger partial charge is 0.481 e. The molecule has 3 N–H and O–H groups in total. The van der Waals surface area contributed by atoms with Crippen molar-refractivity contribution in [2.24, 2.45) is 5.92 Å². The summed E-state index contributed by atoms with van der Waals surface area (Å²) in [4.78, 5) is 27.1. The average Bonchev–Trinajstić information content (AvgIpc) is 2.54. The molecule has 1 fully saturated rings. The molecular formula is C16H23N3O3S. The smallest absolute Gasteiger partial charge is 0.315 e. The number of nitrogens with one attached hydrogen (secondary N) is 2. The maximum absolute atomic E-state index is 12.0. The predicted molar refractivity (Wildman–Crippen MR) is 89.4 cm³/mol. The number of urea groups is 1. The van der Waals surface area contributed by atoms with Gasteiger partial charge in [-0.2, -0.15) is 0 Å². The Balaban J connectivity index is 1.73. The van der Waals surface area contributed by atoms with E-state index >= 15 is 0 Å². The van der Waals surface area contributed by atoms with Crippen LogP contribution in [0.1, 0.15) is 38.2 Å². The van der Waals surface area contributed by atoms with E-state index in [2.05, 4.69) is 22.5 Å². The topological polar surface area (TPSA) is 91.3 Å². The summed E-state index contributed by atoms with van der Waals surface area (Å²) in [5.74, 6) is -0.0302. The van der Waals surface area contributed by atoms with Crippen LogP contribution in [-0.2, 0) is 11.3 Å². The fourth-order valence-electron chi connectivity index (χ4n) is 2.69. The Kier molecular flexibility index (Phi) is 6.70. The third kappa shape index (κ3) is 5.74. The SMILES string of the molecule is CCSc1cc(CNC(=O)NC2CCC(C(=O)O)CC2)ccn1. The van der Waals surface area contributed by atoms with Gasteiger partial charge < -0.3 is 15.7 Å². The van der Waals surface area contributed by atoms with E-state index in [-0.39, 0.29) is 18.0 Å². The summed E-state index contributed by atoms with van der Waals surface area (Å²) in [7, 11) is 0. The van der Waals surface area contributed by atoms with E-state index in [1.165, 1.54) is 0 Å². The molecule has 23 heavy (non-hydrogen) atoms. The average molecular weight is 337 g/mol. The molecule has 1 heterocycles. The number of carboxylic acid groups (broad SMARTS) is 1. The van der Waals surface area contributed by atoms with E-state index in [1.807, 2.05) is 12.1 Å². The fraction of sp³-hybridized carbons (Fsp3) is 0.562. The van der Waals surface area contributed by atoms with E-state index in [1.54, 1.807) is 18.0 Å². The second-order valence-corrected chi connectivity index (χ2v) is 6.93. The zero-order valence-corrected chi connectivity index (χ0v) is 14.1. The highest BCUT2D eigenvalue weighted by Gasteiger charge is 2.26. The Bertz CT molecular complexity index is 545. The predicted octanol–water partition coefficient (Wildman–Crippen LogP) is 2.64. The summed E-state index contributed by atoms with van der Waals surface area (Å²) in [6.07, 6.45) is 4.44. The minimum absolute atomic E-state index is 0.0641. The van der Waals surface area contributed by atoms with Crippen molar-refractivity contribution in [2.45, 2.75) is 50.2 Å². The van der Waals surface area contributed by atoms with Crippen LogP contribution in [0.2, 0.25) is 0 Å². The molecule has 6 nitrogen and oxygen atoms in total. The summed E-state index contributed by atoms with van der Waals surface area (Å²) in [5, 5.41) is 15.7. The van der Waals surface area contributed by atoms with Gasteiger partial charge in [-0.15, -0.1) is 11.8 Å². The zero-order valence-electron chi connectivity index (χ0n) is 13.2. The summed E-state index contributed by atoms with van der Waals surface area (Å²) in [5.41, 5.74) is 1.01. The first-order valence-electron chi connectivity index (χ1n) is 7.93. The fourth-order valence-corrected chi connectivity index (χ4v) is 3.36. The number of rotatable bonds is 6. The molecule has 1 saturated carbocycles. The van der Waals surface area contributed by atoms with E-state index in [9.17, 15) is 9.59 Å². The van der Waals surface area contributed by atoms with Crippen LogP contribution in [0, 0.1) is 5.92 Å². The monoisotopic (exact) mass is 337 g/mol. The number of nitrogens with zero attached hydrogens (tertiary/aromatic N) is 1. The van der Waals surface area contributed by atoms with Crippen LogP contribution < -0.4 is 10.6 Å². The highest BCUT2D eigenvalue weighted by atomic mass is 32.2. The molecule has 0 bridgehead atoms. The van der Waals surface area contributed by atoms with E-state index in [4.69, 9.17) is 5.11 Å². The third-order valence-corrected chi connectivity index (χ3v) is 4.76. The van der Waals surface area contributed by atoms with E-state index < -0.39 is 5.97 Å². The number of aliphatic carboxylic acids is 1. The molecule has 0 saturated heterocycles. The van der Waals surface area contributed by atoms with Crippen LogP contribution in [0.25, 0.3) is 0 Å². The number of carboxylic acids is 1. The van der Waals surface area contributed by atoms with Crippen molar-refractivity contribution in [3.05, 3.63) is 23.9 Å². The van der Waals surface area contributed by atoms with Gasteiger partial charge >= 0.3 is 12.0 Å². The van der Waals surface area contributed by atoms with Crippen molar-refractivity contribution in [1.29, 1.82) is 0 Å². The minimum atomic E-state index is -0.730. The van der Waals surface area contributed by atoms with Gasteiger partial charge in [-0.3, -0.25) is 4.79 Å². The van der Waals surface area contributed by atoms with Gasteiger partial charge in [-0.25, -0.2) is 9.78 Å². The number of aromatic nitrogens is 1. The number of carbonyl (C=O) groups is 2. The van der Waals surface area contributed by atoms with Crippen molar-refractivity contribution in [3.63, 3.8) is 0 Å². The summed E-state index contributed by atoms with van der Waals surface area (Å²) in [6, 6.07) is 3.73. The van der Waals surface area contributed by atoms with Gasteiger partial charge in [0.15, 0.2) is 0 Å². The second kappa shape index (κ2) is 8.76. The first-order valence-corrected chi connectivity index (χ1v) is 8.92. The molecule has 2 rings (SSSR count). The Morgan fingerprint density at radius 1 is 1.35 bits per heavy atom. The molecule has 1 aliphatic rings. The number of amides is 2. The molecular weight excluding hydrogens is 314 g/mol. The molecule has 0 atom stereocenters. The molecule has 0 unspecified atom stereocenters. The van der Waals surface area contributed by atoms with Crippen LogP contribution in [0.3, 0.4) is 0 Å². The van der Waals surface area contributed by atoms with Gasteiger partial charge in [0.05, 0.1) is 10.9 Å². The summed E-state index contributed by atoms with van der Waals surface area (Å²) >= 11 is 1.67. The van der Waals surface area contributed by atoms with Gasteiger partial charge in [0, 0.05) is 18.8 Å². The van der Waals surface area contributed by atoms with Crippen LogP contribution in [0.4, 0.5) is 4.79 Å².